The molecule has 3 heteroatoms. The highest BCUT2D eigenvalue weighted by Crippen LogP contribution is 2.38. The average Bonchev–Trinajstić information content (AvgIpc) is 2.98. The molecule has 3 nitrogen and oxygen atoms in total. The van der Waals surface area contributed by atoms with Crippen molar-refractivity contribution in [2.24, 2.45) is 4.99 Å². The molecule has 0 spiro atoms. The first-order valence-corrected chi connectivity index (χ1v) is 7.87. The molecule has 24 heavy (non-hydrogen) atoms. The number of aliphatic imine (C=N–C) groups is 1. The van der Waals surface area contributed by atoms with Gasteiger partial charge >= 0.3 is 0 Å². The summed E-state index contributed by atoms with van der Waals surface area (Å²) in [5.41, 5.74) is 7.12. The third-order valence-corrected chi connectivity index (χ3v) is 4.34. The Morgan fingerprint density at radius 1 is 0.958 bits per heavy atom. The van der Waals surface area contributed by atoms with Crippen LogP contribution in [0, 0.1) is 0 Å². The summed E-state index contributed by atoms with van der Waals surface area (Å²) in [7, 11) is 1.54. The summed E-state index contributed by atoms with van der Waals surface area (Å²) in [4.78, 5) is 4.56. The summed E-state index contributed by atoms with van der Waals surface area (Å²) in [6.07, 6.45) is 2.74. The number of phenolic OH excluding ortho intramolecular Hbond substituents is 1. The second kappa shape index (κ2) is 5.85. The lowest BCUT2D eigenvalue weighted by Gasteiger charge is -2.04. The Bertz CT molecular complexity index is 944. The molecule has 0 bridgehead atoms. The van der Waals surface area contributed by atoms with E-state index in [0.717, 1.165) is 17.7 Å². The highest BCUT2D eigenvalue weighted by atomic mass is 16.5. The van der Waals surface area contributed by atoms with Gasteiger partial charge in [-0.3, -0.25) is 4.99 Å². The fourth-order valence-corrected chi connectivity index (χ4v) is 3.14. The van der Waals surface area contributed by atoms with Crippen molar-refractivity contribution in [3.8, 4) is 22.6 Å². The number of ether oxygens (including phenoxy) is 1. The van der Waals surface area contributed by atoms with Gasteiger partial charge in [-0.25, -0.2) is 0 Å². The second-order valence-corrected chi connectivity index (χ2v) is 5.86. The van der Waals surface area contributed by atoms with Gasteiger partial charge in [0.1, 0.15) is 0 Å². The molecule has 1 N–H and O–H groups in total. The molecule has 0 unspecified atom stereocenters. The van der Waals surface area contributed by atoms with Crippen LogP contribution in [0.1, 0.15) is 16.7 Å². The van der Waals surface area contributed by atoms with Crippen LogP contribution in [0.5, 0.6) is 11.5 Å². The Labute approximate surface area is 140 Å². The van der Waals surface area contributed by atoms with E-state index < -0.39 is 0 Å². The van der Waals surface area contributed by atoms with Crippen LogP contribution in [0.25, 0.3) is 11.1 Å². The summed E-state index contributed by atoms with van der Waals surface area (Å²) < 4.78 is 5.12. The first-order chi connectivity index (χ1) is 11.7. The average molecular weight is 315 g/mol. The van der Waals surface area contributed by atoms with Crippen molar-refractivity contribution in [2.75, 3.05) is 7.11 Å². The molecule has 0 fully saturated rings. The molecule has 0 heterocycles. The molecular weight excluding hydrogens is 298 g/mol. The van der Waals surface area contributed by atoms with Crippen molar-refractivity contribution >= 4 is 11.9 Å². The topological polar surface area (TPSA) is 41.8 Å². The van der Waals surface area contributed by atoms with E-state index in [1.807, 2.05) is 12.1 Å². The fourth-order valence-electron chi connectivity index (χ4n) is 3.14. The minimum Gasteiger partial charge on any atom is -0.504 e. The van der Waals surface area contributed by atoms with Crippen LogP contribution in [0.2, 0.25) is 0 Å². The smallest absolute Gasteiger partial charge is 0.161 e. The molecule has 1 aliphatic carbocycles. The van der Waals surface area contributed by atoms with Crippen LogP contribution in [0.4, 0.5) is 5.69 Å². The van der Waals surface area contributed by atoms with Gasteiger partial charge in [-0.1, -0.05) is 30.3 Å². The lowest BCUT2D eigenvalue weighted by atomic mass is 10.1. The molecule has 3 aromatic rings. The number of nitrogens with zero attached hydrogens (tertiary/aromatic N) is 1. The van der Waals surface area contributed by atoms with E-state index in [-0.39, 0.29) is 5.75 Å². The fraction of sp³-hybridized carbons (Fsp3) is 0.0952. The van der Waals surface area contributed by atoms with Crippen molar-refractivity contribution in [2.45, 2.75) is 6.42 Å². The lowest BCUT2D eigenvalue weighted by Crippen LogP contribution is -1.87. The molecule has 0 aromatic heterocycles. The van der Waals surface area contributed by atoms with E-state index in [4.69, 9.17) is 4.74 Å². The highest BCUT2D eigenvalue weighted by Gasteiger charge is 2.17. The molecule has 1 aliphatic rings. The molecule has 0 radical (unpaired) electrons. The van der Waals surface area contributed by atoms with E-state index in [9.17, 15) is 5.11 Å². The predicted molar refractivity (Wildman–Crippen MR) is 96.6 cm³/mol. The Hall–Kier alpha value is -3.07. The summed E-state index contributed by atoms with van der Waals surface area (Å²) in [5.74, 6) is 0.577. The monoisotopic (exact) mass is 315 g/mol. The van der Waals surface area contributed by atoms with Gasteiger partial charge in [0.25, 0.3) is 0 Å². The first kappa shape index (κ1) is 14.5. The van der Waals surface area contributed by atoms with Gasteiger partial charge in [-0.15, -0.1) is 0 Å². The van der Waals surface area contributed by atoms with Gasteiger partial charge < -0.3 is 9.84 Å². The number of hydrogen-bond donors (Lipinski definition) is 1. The second-order valence-electron chi connectivity index (χ2n) is 5.86. The van der Waals surface area contributed by atoms with Crippen LogP contribution < -0.4 is 4.74 Å². The van der Waals surface area contributed by atoms with Crippen molar-refractivity contribution in [1.82, 2.24) is 0 Å². The maximum atomic E-state index is 9.64. The number of phenols is 1. The van der Waals surface area contributed by atoms with Crippen LogP contribution in [0.15, 0.2) is 65.7 Å². The van der Waals surface area contributed by atoms with Crippen molar-refractivity contribution < 1.29 is 9.84 Å². The van der Waals surface area contributed by atoms with Gasteiger partial charge in [0, 0.05) is 6.21 Å². The van der Waals surface area contributed by atoms with Gasteiger partial charge in [-0.2, -0.15) is 0 Å². The Kier molecular flexibility index (Phi) is 3.54. The third-order valence-electron chi connectivity index (χ3n) is 4.34. The minimum atomic E-state index is 0.130. The van der Waals surface area contributed by atoms with E-state index in [1.165, 1.54) is 29.4 Å². The SMILES string of the molecule is COc1cc(C=Nc2ccc3c(c2)Cc2ccccc2-3)ccc1O. The number of aromatic hydroxyl groups is 1. The summed E-state index contributed by atoms with van der Waals surface area (Å²) in [6.45, 7) is 0. The summed E-state index contributed by atoms with van der Waals surface area (Å²) >= 11 is 0. The van der Waals surface area contributed by atoms with Gasteiger partial charge in [0.05, 0.1) is 12.8 Å². The molecule has 118 valence electrons. The van der Waals surface area contributed by atoms with Gasteiger partial charge in [-0.05, 0) is 64.6 Å². The Morgan fingerprint density at radius 2 is 1.79 bits per heavy atom. The maximum Gasteiger partial charge on any atom is 0.161 e. The maximum absolute atomic E-state index is 9.64. The standard InChI is InChI=1S/C21H17NO2/c1-24-21-10-14(6-9-20(21)23)13-22-17-7-8-19-16(12-17)11-15-4-2-3-5-18(15)19/h2-10,12-13,23H,11H2,1H3. The first-order valence-electron chi connectivity index (χ1n) is 7.87. The number of methoxy groups -OCH3 is 1. The number of fused-ring (bicyclic) bond motifs is 3. The van der Waals surface area contributed by atoms with Crippen LogP contribution >= 0.6 is 0 Å². The number of benzene rings is 3. The number of hydrogen-bond acceptors (Lipinski definition) is 3. The van der Waals surface area contributed by atoms with Crippen molar-refractivity contribution in [3.63, 3.8) is 0 Å². The minimum absolute atomic E-state index is 0.130. The van der Waals surface area contributed by atoms with Crippen molar-refractivity contribution in [1.29, 1.82) is 0 Å². The van der Waals surface area contributed by atoms with Crippen LogP contribution in [0.3, 0.4) is 0 Å². The Balaban J connectivity index is 1.62. The molecular formula is C21H17NO2. The van der Waals surface area contributed by atoms with Gasteiger partial charge in [0.15, 0.2) is 11.5 Å². The predicted octanol–water partition coefficient (Wildman–Crippen LogP) is 4.72. The molecule has 4 rings (SSSR count). The summed E-state index contributed by atoms with van der Waals surface area (Å²) in [5, 5.41) is 9.64. The molecule has 3 aromatic carbocycles. The zero-order valence-electron chi connectivity index (χ0n) is 13.4. The Morgan fingerprint density at radius 3 is 2.67 bits per heavy atom. The van der Waals surface area contributed by atoms with E-state index in [0.29, 0.717) is 5.75 Å². The van der Waals surface area contributed by atoms with Gasteiger partial charge in [0.2, 0.25) is 0 Å². The lowest BCUT2D eigenvalue weighted by molar-refractivity contribution is 0.373. The van der Waals surface area contributed by atoms with Crippen molar-refractivity contribution in [3.05, 3.63) is 77.4 Å². The molecule has 0 saturated heterocycles. The van der Waals surface area contributed by atoms with Crippen LogP contribution in [-0.4, -0.2) is 18.4 Å². The summed E-state index contributed by atoms with van der Waals surface area (Å²) in [6, 6.07) is 20.0. The molecule has 0 atom stereocenters. The highest BCUT2D eigenvalue weighted by molar-refractivity contribution is 5.84. The number of rotatable bonds is 3. The van der Waals surface area contributed by atoms with E-state index >= 15 is 0 Å². The quantitative estimate of drug-likeness (QED) is 0.556. The van der Waals surface area contributed by atoms with E-state index in [1.54, 1.807) is 18.3 Å². The van der Waals surface area contributed by atoms with E-state index in [2.05, 4.69) is 41.4 Å². The zero-order chi connectivity index (χ0) is 16.5. The van der Waals surface area contributed by atoms with Crippen LogP contribution in [-0.2, 0) is 6.42 Å². The third kappa shape index (κ3) is 2.54. The normalized spacial score (nSPS) is 12.2. The molecule has 0 saturated carbocycles. The molecule has 0 amide bonds. The zero-order valence-corrected chi connectivity index (χ0v) is 13.4. The largest absolute Gasteiger partial charge is 0.504 e. The molecule has 0 aliphatic heterocycles.